The lowest BCUT2D eigenvalue weighted by Crippen LogP contribution is -2.10. The Morgan fingerprint density at radius 3 is 1.42 bits per heavy atom. The molecule has 0 atom stereocenters. The van der Waals surface area contributed by atoms with Crippen molar-refractivity contribution in [2.75, 3.05) is 4.90 Å². The van der Waals surface area contributed by atoms with E-state index in [2.05, 4.69) is 252 Å². The quantitative estimate of drug-likeness (QED) is 0.152. The first-order valence-electron chi connectivity index (χ1n) is 22.9. The molecular formula is C64H42N2O. The zero-order valence-corrected chi connectivity index (χ0v) is 36.6. The van der Waals surface area contributed by atoms with Gasteiger partial charge in [0.1, 0.15) is 11.2 Å². The Labute approximate surface area is 388 Å². The van der Waals surface area contributed by atoms with Crippen LogP contribution in [0.4, 0.5) is 17.1 Å². The Hall–Kier alpha value is -8.92. The molecule has 0 bridgehead atoms. The second-order valence-electron chi connectivity index (χ2n) is 17.3. The third-order valence-electron chi connectivity index (χ3n) is 13.4. The maximum atomic E-state index is 6.38. The van der Waals surface area contributed by atoms with E-state index in [1.165, 1.54) is 54.8 Å². The molecule has 13 rings (SSSR count). The second kappa shape index (κ2) is 16.0. The van der Waals surface area contributed by atoms with E-state index in [0.29, 0.717) is 0 Å². The Balaban J connectivity index is 0.855. The Morgan fingerprint density at radius 1 is 0.299 bits per heavy atom. The van der Waals surface area contributed by atoms with Gasteiger partial charge in [-0.2, -0.15) is 0 Å². The van der Waals surface area contributed by atoms with E-state index in [-0.39, 0.29) is 0 Å². The zero-order valence-electron chi connectivity index (χ0n) is 36.6. The summed E-state index contributed by atoms with van der Waals surface area (Å²) >= 11 is 0. The van der Waals surface area contributed by atoms with E-state index in [4.69, 9.17) is 4.42 Å². The maximum absolute atomic E-state index is 6.38. The first kappa shape index (κ1) is 38.5. The highest BCUT2D eigenvalue weighted by molar-refractivity contribution is 6.10. The van der Waals surface area contributed by atoms with Gasteiger partial charge in [-0.05, 0) is 116 Å². The summed E-state index contributed by atoms with van der Waals surface area (Å²) in [5.41, 5.74) is 17.9. The van der Waals surface area contributed by atoms with Crippen LogP contribution in [0.25, 0.3) is 105 Å². The maximum Gasteiger partial charge on any atom is 0.143 e. The lowest BCUT2D eigenvalue weighted by Gasteiger charge is -2.26. The molecule has 314 valence electrons. The monoisotopic (exact) mass is 854 g/mol. The summed E-state index contributed by atoms with van der Waals surface area (Å²) in [4.78, 5) is 2.37. The molecule has 0 aliphatic rings. The highest BCUT2D eigenvalue weighted by Gasteiger charge is 2.18. The summed E-state index contributed by atoms with van der Waals surface area (Å²) in [6.07, 6.45) is 0. The van der Waals surface area contributed by atoms with Crippen molar-refractivity contribution in [1.29, 1.82) is 0 Å². The van der Waals surface area contributed by atoms with E-state index in [9.17, 15) is 0 Å². The minimum absolute atomic E-state index is 0.910. The standard InChI is InChI=1S/C64H42N2O/c1-2-12-50-41-51(32-29-43(50)11-1)48-25-23-44(24-26-48)46-33-37-52(38-34-46)65(54-13-9-14-55(42-54)66-61-20-6-3-15-57(61)58-16-4-7-21-62(58)66)53-39-35-47(36-40-53)45-27-30-49(31-28-45)56-18-10-19-60-59-17-5-8-22-63(59)67-64(56)60/h1-42H. The van der Waals surface area contributed by atoms with Crippen LogP contribution < -0.4 is 4.90 Å². The van der Waals surface area contributed by atoms with E-state index < -0.39 is 0 Å². The molecule has 2 aromatic heterocycles. The van der Waals surface area contributed by atoms with Gasteiger partial charge in [0, 0.05) is 49.9 Å². The number of furan rings is 1. The van der Waals surface area contributed by atoms with Gasteiger partial charge < -0.3 is 13.9 Å². The average Bonchev–Trinajstić information content (AvgIpc) is 3.96. The number of anilines is 3. The van der Waals surface area contributed by atoms with Crippen molar-refractivity contribution in [1.82, 2.24) is 4.57 Å². The fraction of sp³-hybridized carbons (Fsp3) is 0. The number of nitrogens with zero attached hydrogens (tertiary/aromatic N) is 2. The molecule has 2 heterocycles. The van der Waals surface area contributed by atoms with Crippen molar-refractivity contribution in [3.05, 3.63) is 255 Å². The Bertz CT molecular complexity index is 3900. The number of fused-ring (bicyclic) bond motifs is 7. The highest BCUT2D eigenvalue weighted by atomic mass is 16.3. The molecule has 0 aliphatic heterocycles. The van der Waals surface area contributed by atoms with Crippen molar-refractivity contribution in [3.63, 3.8) is 0 Å². The molecule has 0 saturated heterocycles. The number of para-hydroxylation sites is 4. The first-order chi connectivity index (χ1) is 33.2. The predicted octanol–water partition coefficient (Wildman–Crippen LogP) is 18.0. The van der Waals surface area contributed by atoms with Crippen molar-refractivity contribution in [3.8, 4) is 50.2 Å². The van der Waals surface area contributed by atoms with Crippen LogP contribution in [0, 0.1) is 0 Å². The Kier molecular flexibility index (Phi) is 9.17. The van der Waals surface area contributed by atoms with Crippen LogP contribution in [0.15, 0.2) is 259 Å². The molecule has 0 aliphatic carbocycles. The van der Waals surface area contributed by atoms with E-state index in [1.54, 1.807) is 0 Å². The van der Waals surface area contributed by atoms with Crippen molar-refractivity contribution >= 4 is 71.6 Å². The molecule has 3 nitrogen and oxygen atoms in total. The van der Waals surface area contributed by atoms with Gasteiger partial charge in [0.2, 0.25) is 0 Å². The SMILES string of the molecule is c1cc(N(c2ccc(-c3ccc(-c4ccc5ccccc5c4)cc3)cc2)c2ccc(-c3ccc(-c4cccc5c4oc4ccccc45)cc3)cc2)cc(-n2c3ccccc3c3ccccc32)c1. The first-order valence-corrected chi connectivity index (χ1v) is 22.9. The van der Waals surface area contributed by atoms with Crippen molar-refractivity contribution in [2.45, 2.75) is 0 Å². The number of hydrogen-bond donors (Lipinski definition) is 0. The summed E-state index contributed by atoms with van der Waals surface area (Å²) in [6.45, 7) is 0. The lowest BCUT2D eigenvalue weighted by molar-refractivity contribution is 0.670. The molecule has 3 heteroatoms. The van der Waals surface area contributed by atoms with Gasteiger partial charge in [-0.15, -0.1) is 0 Å². The molecule has 67 heavy (non-hydrogen) atoms. The molecule has 11 aromatic carbocycles. The predicted molar refractivity (Wildman–Crippen MR) is 282 cm³/mol. The summed E-state index contributed by atoms with van der Waals surface area (Å²) in [6, 6.07) is 91.9. The van der Waals surface area contributed by atoms with Crippen LogP contribution in [-0.4, -0.2) is 4.57 Å². The molecule has 0 spiro atoms. The van der Waals surface area contributed by atoms with E-state index in [1.807, 2.05) is 12.1 Å². The normalized spacial score (nSPS) is 11.6. The van der Waals surface area contributed by atoms with Crippen LogP contribution in [-0.2, 0) is 0 Å². The number of rotatable bonds is 8. The van der Waals surface area contributed by atoms with Crippen LogP contribution in [0.2, 0.25) is 0 Å². The lowest BCUT2D eigenvalue weighted by atomic mass is 9.98. The van der Waals surface area contributed by atoms with Crippen molar-refractivity contribution < 1.29 is 4.42 Å². The number of aromatic nitrogens is 1. The average molecular weight is 855 g/mol. The van der Waals surface area contributed by atoms with Crippen molar-refractivity contribution in [2.24, 2.45) is 0 Å². The second-order valence-corrected chi connectivity index (χ2v) is 17.3. The molecule has 0 amide bonds. The van der Waals surface area contributed by atoms with Gasteiger partial charge in [0.25, 0.3) is 0 Å². The van der Waals surface area contributed by atoms with Gasteiger partial charge >= 0.3 is 0 Å². The van der Waals surface area contributed by atoms with Crippen LogP contribution >= 0.6 is 0 Å². The topological polar surface area (TPSA) is 21.3 Å². The van der Waals surface area contributed by atoms with E-state index >= 15 is 0 Å². The molecule has 0 fully saturated rings. The van der Waals surface area contributed by atoms with Crippen LogP contribution in [0.1, 0.15) is 0 Å². The van der Waals surface area contributed by atoms with Gasteiger partial charge in [-0.25, -0.2) is 0 Å². The summed E-state index contributed by atoms with van der Waals surface area (Å²) in [7, 11) is 0. The Morgan fingerprint density at radius 2 is 0.776 bits per heavy atom. The van der Waals surface area contributed by atoms with E-state index in [0.717, 1.165) is 66.9 Å². The molecule has 0 saturated carbocycles. The summed E-state index contributed by atoms with van der Waals surface area (Å²) in [5, 5.41) is 7.28. The largest absolute Gasteiger partial charge is 0.455 e. The van der Waals surface area contributed by atoms with Gasteiger partial charge in [0.05, 0.1) is 11.0 Å². The van der Waals surface area contributed by atoms with Gasteiger partial charge in [0.15, 0.2) is 0 Å². The number of hydrogen-bond acceptors (Lipinski definition) is 2. The zero-order chi connectivity index (χ0) is 44.3. The highest BCUT2D eigenvalue weighted by Crippen LogP contribution is 2.41. The molecule has 0 N–H and O–H groups in total. The molecule has 13 aromatic rings. The summed E-state index contributed by atoms with van der Waals surface area (Å²) in [5.74, 6) is 0. The van der Waals surface area contributed by atoms with Gasteiger partial charge in [-0.3, -0.25) is 0 Å². The third-order valence-corrected chi connectivity index (χ3v) is 13.4. The minimum Gasteiger partial charge on any atom is -0.455 e. The fourth-order valence-electron chi connectivity index (χ4n) is 10.1. The fourth-order valence-corrected chi connectivity index (χ4v) is 10.1. The molecule has 0 radical (unpaired) electrons. The van der Waals surface area contributed by atoms with Gasteiger partial charge in [-0.1, -0.05) is 188 Å². The number of benzene rings is 11. The summed E-state index contributed by atoms with van der Waals surface area (Å²) < 4.78 is 8.77. The smallest absolute Gasteiger partial charge is 0.143 e. The van der Waals surface area contributed by atoms with Crippen LogP contribution in [0.5, 0.6) is 0 Å². The third kappa shape index (κ3) is 6.76. The molecule has 0 unspecified atom stereocenters. The van der Waals surface area contributed by atoms with Crippen LogP contribution in [0.3, 0.4) is 0 Å². The minimum atomic E-state index is 0.910. The molecular weight excluding hydrogens is 813 g/mol.